The third-order valence-electron chi connectivity index (χ3n) is 5.31. The standard InChI is InChI=1S/C18H24N2O/c1-2-20(16-9-14-7-8-15(10-16)19-14)11-13-12-21-18-6-4-3-5-17(13)18/h3-6,12,14-16,19H,2,7-11H2,1H3. The summed E-state index contributed by atoms with van der Waals surface area (Å²) in [4.78, 5) is 2.64. The lowest BCUT2D eigenvalue weighted by Gasteiger charge is -2.37. The fraction of sp³-hybridized carbons (Fsp3) is 0.556. The van der Waals surface area contributed by atoms with Crippen molar-refractivity contribution >= 4 is 11.0 Å². The zero-order valence-corrected chi connectivity index (χ0v) is 12.7. The highest BCUT2D eigenvalue weighted by Crippen LogP contribution is 2.31. The summed E-state index contributed by atoms with van der Waals surface area (Å²) < 4.78 is 5.70. The van der Waals surface area contributed by atoms with Gasteiger partial charge in [-0.25, -0.2) is 0 Å². The number of nitrogens with zero attached hydrogens (tertiary/aromatic N) is 1. The average molecular weight is 284 g/mol. The molecule has 21 heavy (non-hydrogen) atoms. The van der Waals surface area contributed by atoms with Gasteiger partial charge in [-0.2, -0.15) is 0 Å². The number of nitrogens with one attached hydrogen (secondary N) is 1. The van der Waals surface area contributed by atoms with Gasteiger partial charge in [0, 0.05) is 35.6 Å². The Labute approximate surface area is 126 Å². The third kappa shape index (κ3) is 2.49. The monoisotopic (exact) mass is 284 g/mol. The van der Waals surface area contributed by atoms with E-state index in [2.05, 4.69) is 35.3 Å². The molecule has 0 radical (unpaired) electrons. The van der Waals surface area contributed by atoms with Crippen LogP contribution < -0.4 is 5.32 Å². The van der Waals surface area contributed by atoms with Gasteiger partial charge in [-0.15, -0.1) is 0 Å². The van der Waals surface area contributed by atoms with Crippen LogP contribution in [0.3, 0.4) is 0 Å². The number of hydrogen-bond acceptors (Lipinski definition) is 3. The van der Waals surface area contributed by atoms with E-state index in [-0.39, 0.29) is 0 Å². The molecule has 2 unspecified atom stereocenters. The number of rotatable bonds is 4. The molecular formula is C18H24N2O. The lowest BCUT2D eigenvalue weighted by molar-refractivity contribution is 0.141. The van der Waals surface area contributed by atoms with Crippen molar-refractivity contribution in [2.75, 3.05) is 6.54 Å². The normalized spacial score (nSPS) is 28.6. The Kier molecular flexibility index (Phi) is 3.48. The van der Waals surface area contributed by atoms with Crippen molar-refractivity contribution in [3.05, 3.63) is 36.1 Å². The van der Waals surface area contributed by atoms with Gasteiger partial charge in [-0.3, -0.25) is 4.90 Å². The largest absolute Gasteiger partial charge is 0.464 e. The maximum absolute atomic E-state index is 5.70. The Bertz CT molecular complexity index is 608. The van der Waals surface area contributed by atoms with Crippen LogP contribution in [0.2, 0.25) is 0 Å². The molecule has 2 saturated heterocycles. The summed E-state index contributed by atoms with van der Waals surface area (Å²) in [6.07, 6.45) is 7.30. The second-order valence-corrected chi connectivity index (χ2v) is 6.58. The van der Waals surface area contributed by atoms with Crippen molar-refractivity contribution in [1.29, 1.82) is 0 Å². The molecule has 1 aromatic heterocycles. The molecule has 3 heterocycles. The van der Waals surface area contributed by atoms with Crippen molar-refractivity contribution in [3.8, 4) is 0 Å². The predicted octanol–water partition coefficient (Wildman–Crippen LogP) is 3.54. The summed E-state index contributed by atoms with van der Waals surface area (Å²) in [5.41, 5.74) is 2.34. The van der Waals surface area contributed by atoms with Gasteiger partial charge >= 0.3 is 0 Å². The molecule has 112 valence electrons. The number of fused-ring (bicyclic) bond motifs is 3. The lowest BCUT2D eigenvalue weighted by atomic mass is 9.97. The van der Waals surface area contributed by atoms with E-state index in [1.54, 1.807) is 0 Å². The van der Waals surface area contributed by atoms with Gasteiger partial charge in [0.2, 0.25) is 0 Å². The number of furan rings is 1. The maximum Gasteiger partial charge on any atom is 0.134 e. The fourth-order valence-electron chi connectivity index (χ4n) is 4.20. The summed E-state index contributed by atoms with van der Waals surface area (Å²) in [5, 5.41) is 5.01. The number of hydrogen-bond donors (Lipinski definition) is 1. The van der Waals surface area contributed by atoms with E-state index in [0.717, 1.165) is 36.8 Å². The van der Waals surface area contributed by atoms with Gasteiger partial charge < -0.3 is 9.73 Å². The fourth-order valence-corrected chi connectivity index (χ4v) is 4.20. The van der Waals surface area contributed by atoms with Crippen LogP contribution in [0.15, 0.2) is 34.9 Å². The molecule has 4 rings (SSSR count). The first-order valence-electron chi connectivity index (χ1n) is 8.28. The topological polar surface area (TPSA) is 28.4 Å². The summed E-state index contributed by atoms with van der Waals surface area (Å²) in [6.45, 7) is 4.41. The molecule has 0 spiro atoms. The Morgan fingerprint density at radius 1 is 1.19 bits per heavy atom. The number of piperidine rings is 1. The molecule has 2 bridgehead atoms. The Balaban J connectivity index is 1.54. The Hall–Kier alpha value is -1.32. The lowest BCUT2D eigenvalue weighted by Crippen LogP contribution is -2.47. The zero-order chi connectivity index (χ0) is 14.2. The van der Waals surface area contributed by atoms with Crippen molar-refractivity contribution in [3.63, 3.8) is 0 Å². The molecule has 1 N–H and O–H groups in total. The van der Waals surface area contributed by atoms with Crippen molar-refractivity contribution in [2.45, 2.75) is 57.3 Å². The molecule has 0 amide bonds. The molecular weight excluding hydrogens is 260 g/mol. The molecule has 2 aromatic rings. The molecule has 2 fully saturated rings. The quantitative estimate of drug-likeness (QED) is 0.931. The molecule has 3 nitrogen and oxygen atoms in total. The zero-order valence-electron chi connectivity index (χ0n) is 12.7. The van der Waals surface area contributed by atoms with Crippen LogP contribution in [0.25, 0.3) is 11.0 Å². The number of para-hydroxylation sites is 1. The smallest absolute Gasteiger partial charge is 0.134 e. The second-order valence-electron chi connectivity index (χ2n) is 6.58. The van der Waals surface area contributed by atoms with E-state index in [0.29, 0.717) is 0 Å². The van der Waals surface area contributed by atoms with Crippen LogP contribution >= 0.6 is 0 Å². The molecule has 2 aliphatic rings. The van der Waals surface area contributed by atoms with E-state index in [1.165, 1.54) is 36.6 Å². The first kappa shape index (κ1) is 13.4. The highest BCUT2D eigenvalue weighted by atomic mass is 16.3. The summed E-state index contributed by atoms with van der Waals surface area (Å²) in [7, 11) is 0. The van der Waals surface area contributed by atoms with Gasteiger partial charge in [-0.1, -0.05) is 25.1 Å². The maximum atomic E-state index is 5.70. The van der Waals surface area contributed by atoms with Crippen LogP contribution in [-0.4, -0.2) is 29.6 Å². The van der Waals surface area contributed by atoms with E-state index in [1.807, 2.05) is 12.3 Å². The van der Waals surface area contributed by atoms with Crippen LogP contribution in [0.1, 0.15) is 38.2 Å². The molecule has 0 saturated carbocycles. The van der Waals surface area contributed by atoms with Gasteiger partial charge in [0.1, 0.15) is 5.58 Å². The molecule has 2 aliphatic heterocycles. The van der Waals surface area contributed by atoms with Crippen LogP contribution in [0.4, 0.5) is 0 Å². The van der Waals surface area contributed by atoms with E-state index >= 15 is 0 Å². The van der Waals surface area contributed by atoms with E-state index in [4.69, 9.17) is 4.42 Å². The van der Waals surface area contributed by atoms with Crippen LogP contribution in [0.5, 0.6) is 0 Å². The molecule has 0 aliphatic carbocycles. The molecule has 3 heteroatoms. The molecule has 1 aromatic carbocycles. The highest BCUT2D eigenvalue weighted by molar-refractivity contribution is 5.80. The first-order valence-corrected chi connectivity index (χ1v) is 8.28. The Morgan fingerprint density at radius 2 is 1.95 bits per heavy atom. The summed E-state index contributed by atoms with van der Waals surface area (Å²) in [6, 6.07) is 10.6. The van der Waals surface area contributed by atoms with Gasteiger partial charge in [0.05, 0.1) is 6.26 Å². The van der Waals surface area contributed by atoms with Crippen LogP contribution in [-0.2, 0) is 6.54 Å². The second kappa shape index (κ2) is 5.47. The third-order valence-corrected chi connectivity index (χ3v) is 5.31. The van der Waals surface area contributed by atoms with Crippen LogP contribution in [0, 0.1) is 0 Å². The predicted molar refractivity (Wildman–Crippen MR) is 85.3 cm³/mol. The van der Waals surface area contributed by atoms with Gasteiger partial charge in [0.25, 0.3) is 0 Å². The Morgan fingerprint density at radius 3 is 2.71 bits per heavy atom. The van der Waals surface area contributed by atoms with E-state index < -0.39 is 0 Å². The first-order chi connectivity index (χ1) is 10.3. The summed E-state index contributed by atoms with van der Waals surface area (Å²) in [5.74, 6) is 0. The minimum Gasteiger partial charge on any atom is -0.464 e. The van der Waals surface area contributed by atoms with Crippen molar-refractivity contribution < 1.29 is 4.42 Å². The summed E-state index contributed by atoms with van der Waals surface area (Å²) >= 11 is 0. The van der Waals surface area contributed by atoms with Crippen molar-refractivity contribution in [2.24, 2.45) is 0 Å². The van der Waals surface area contributed by atoms with Gasteiger partial charge in [0.15, 0.2) is 0 Å². The average Bonchev–Trinajstić information content (AvgIpc) is 3.08. The highest BCUT2D eigenvalue weighted by Gasteiger charge is 2.35. The minimum atomic E-state index is 0.724. The van der Waals surface area contributed by atoms with Gasteiger partial charge in [-0.05, 0) is 38.3 Å². The minimum absolute atomic E-state index is 0.724. The number of benzene rings is 1. The SMILES string of the molecule is CCN(Cc1coc2ccccc12)C1CC2CCC(C1)N2. The van der Waals surface area contributed by atoms with Crippen molar-refractivity contribution in [1.82, 2.24) is 10.2 Å². The molecule has 2 atom stereocenters. The van der Waals surface area contributed by atoms with E-state index in [9.17, 15) is 0 Å².